The van der Waals surface area contributed by atoms with E-state index in [-0.39, 0.29) is 24.6 Å². The molecule has 1 heterocycles. The van der Waals surface area contributed by atoms with E-state index in [0.717, 1.165) is 11.1 Å². The summed E-state index contributed by atoms with van der Waals surface area (Å²) < 4.78 is 7.28. The third kappa shape index (κ3) is 5.29. The molecule has 2 aromatic carbocycles. The van der Waals surface area contributed by atoms with Crippen molar-refractivity contribution in [2.24, 2.45) is 0 Å². The summed E-state index contributed by atoms with van der Waals surface area (Å²) >= 11 is 0. The van der Waals surface area contributed by atoms with Crippen molar-refractivity contribution in [2.45, 2.75) is 40.3 Å². The number of hydrogen-bond acceptors (Lipinski definition) is 6. The van der Waals surface area contributed by atoms with Crippen LogP contribution in [0.2, 0.25) is 0 Å². The van der Waals surface area contributed by atoms with Crippen molar-refractivity contribution in [1.29, 1.82) is 5.26 Å². The van der Waals surface area contributed by atoms with E-state index in [1.54, 1.807) is 38.1 Å². The monoisotopic (exact) mass is 433 g/mol. The molecule has 0 fully saturated rings. The van der Waals surface area contributed by atoms with Crippen LogP contribution in [0, 0.1) is 42.2 Å². The number of aryl methyl sites for hydroxylation is 3. The van der Waals surface area contributed by atoms with Crippen molar-refractivity contribution >= 4 is 17.3 Å². The molecule has 32 heavy (non-hydrogen) atoms. The number of aromatic nitrogens is 2. The zero-order valence-corrected chi connectivity index (χ0v) is 18.1. The molecule has 0 aliphatic rings. The Morgan fingerprint density at radius 1 is 1.25 bits per heavy atom. The first-order valence-electron chi connectivity index (χ1n) is 9.99. The maximum absolute atomic E-state index is 12.4. The van der Waals surface area contributed by atoms with Gasteiger partial charge < -0.3 is 10.1 Å². The molecule has 1 N–H and O–H groups in total. The molecule has 9 nitrogen and oxygen atoms in total. The van der Waals surface area contributed by atoms with E-state index in [1.807, 2.05) is 25.1 Å². The van der Waals surface area contributed by atoms with Crippen molar-refractivity contribution in [3.63, 3.8) is 0 Å². The standard InChI is InChI=1S/C23H23N5O4/c1-15-11-20(32-14-19-6-4-5-18(12-19)13-24)7-8-21(15)25-22(29)9-10-27-17(3)23(28(30)31)16(2)26-27/h4-8,11-12H,9-10,14H2,1-3H3,(H,25,29). The van der Waals surface area contributed by atoms with Gasteiger partial charge >= 0.3 is 5.69 Å². The van der Waals surface area contributed by atoms with Gasteiger partial charge in [-0.1, -0.05) is 12.1 Å². The topological polar surface area (TPSA) is 123 Å². The van der Waals surface area contributed by atoms with Crippen LogP contribution in [0.3, 0.4) is 0 Å². The third-order valence-corrected chi connectivity index (χ3v) is 5.01. The van der Waals surface area contributed by atoms with E-state index in [1.165, 1.54) is 4.68 Å². The van der Waals surface area contributed by atoms with Gasteiger partial charge in [-0.3, -0.25) is 19.6 Å². The van der Waals surface area contributed by atoms with Gasteiger partial charge in [-0.25, -0.2) is 0 Å². The largest absolute Gasteiger partial charge is 0.489 e. The SMILES string of the molecule is Cc1cc(OCc2cccc(C#N)c2)ccc1NC(=O)CCn1nc(C)c([N+](=O)[O-])c1C. The Morgan fingerprint density at radius 2 is 2.03 bits per heavy atom. The molecular formula is C23H23N5O4. The first-order chi connectivity index (χ1) is 15.3. The second-order valence-corrected chi connectivity index (χ2v) is 7.38. The number of anilines is 1. The van der Waals surface area contributed by atoms with Gasteiger partial charge in [0.25, 0.3) is 0 Å². The molecule has 0 bridgehead atoms. The smallest absolute Gasteiger partial charge is 0.312 e. The van der Waals surface area contributed by atoms with Crippen LogP contribution in [0.1, 0.15) is 34.5 Å². The highest BCUT2D eigenvalue weighted by Gasteiger charge is 2.21. The zero-order valence-electron chi connectivity index (χ0n) is 18.1. The molecule has 0 unspecified atom stereocenters. The Hall–Kier alpha value is -4.19. The predicted octanol–water partition coefficient (Wildman–Crippen LogP) is 4.20. The number of nitro groups is 1. The number of hydrogen-bond donors (Lipinski definition) is 1. The van der Waals surface area contributed by atoms with Gasteiger partial charge in [0, 0.05) is 12.1 Å². The van der Waals surface area contributed by atoms with Crippen LogP contribution in [0.5, 0.6) is 5.75 Å². The number of rotatable bonds is 8. The molecular weight excluding hydrogens is 410 g/mol. The molecule has 0 radical (unpaired) electrons. The molecule has 0 atom stereocenters. The second-order valence-electron chi connectivity index (χ2n) is 7.38. The lowest BCUT2D eigenvalue weighted by atomic mass is 10.1. The van der Waals surface area contributed by atoms with Gasteiger partial charge in [0.2, 0.25) is 5.91 Å². The van der Waals surface area contributed by atoms with Crippen LogP contribution >= 0.6 is 0 Å². The summed E-state index contributed by atoms with van der Waals surface area (Å²) in [5, 5.41) is 27.1. The van der Waals surface area contributed by atoms with Gasteiger partial charge in [-0.05, 0) is 62.2 Å². The molecule has 1 aromatic heterocycles. The summed E-state index contributed by atoms with van der Waals surface area (Å²) in [6, 6.07) is 14.7. The molecule has 3 rings (SSSR count). The number of nitrogens with zero attached hydrogens (tertiary/aromatic N) is 4. The quantitative estimate of drug-likeness (QED) is 0.420. The summed E-state index contributed by atoms with van der Waals surface area (Å²) in [4.78, 5) is 23.0. The third-order valence-electron chi connectivity index (χ3n) is 5.01. The van der Waals surface area contributed by atoms with Gasteiger partial charge in [0.15, 0.2) is 0 Å². The Kier molecular flexibility index (Phi) is 6.85. The molecule has 0 saturated heterocycles. The predicted molar refractivity (Wildman–Crippen MR) is 118 cm³/mol. The number of carbonyl (C=O) groups is 1. The molecule has 3 aromatic rings. The molecule has 9 heteroatoms. The molecule has 0 aliphatic heterocycles. The minimum Gasteiger partial charge on any atom is -0.489 e. The average molecular weight is 433 g/mol. The Balaban J connectivity index is 1.57. The van der Waals surface area contributed by atoms with Crippen LogP contribution in [0.25, 0.3) is 0 Å². The van der Waals surface area contributed by atoms with Gasteiger partial charge in [0.05, 0.1) is 23.1 Å². The lowest BCUT2D eigenvalue weighted by Crippen LogP contribution is -2.16. The Bertz CT molecular complexity index is 1210. The highest BCUT2D eigenvalue weighted by molar-refractivity contribution is 5.91. The van der Waals surface area contributed by atoms with E-state index < -0.39 is 4.92 Å². The summed E-state index contributed by atoms with van der Waals surface area (Å²) in [5.74, 6) is 0.433. The lowest BCUT2D eigenvalue weighted by Gasteiger charge is -2.12. The highest BCUT2D eigenvalue weighted by atomic mass is 16.6. The summed E-state index contributed by atoms with van der Waals surface area (Å²) in [7, 11) is 0. The summed E-state index contributed by atoms with van der Waals surface area (Å²) in [6.07, 6.45) is 0.131. The normalized spacial score (nSPS) is 10.4. The van der Waals surface area contributed by atoms with Crippen LogP contribution in [0.15, 0.2) is 42.5 Å². The van der Waals surface area contributed by atoms with E-state index in [9.17, 15) is 14.9 Å². The maximum Gasteiger partial charge on any atom is 0.312 e. The van der Waals surface area contributed by atoms with E-state index in [0.29, 0.717) is 35.0 Å². The van der Waals surface area contributed by atoms with Crippen molar-refractivity contribution < 1.29 is 14.5 Å². The number of benzene rings is 2. The van der Waals surface area contributed by atoms with Gasteiger partial charge in [-0.15, -0.1) is 0 Å². The van der Waals surface area contributed by atoms with Crippen LogP contribution < -0.4 is 10.1 Å². The maximum atomic E-state index is 12.4. The van der Waals surface area contributed by atoms with Crippen molar-refractivity contribution in [2.75, 3.05) is 5.32 Å². The van der Waals surface area contributed by atoms with Crippen LogP contribution in [0.4, 0.5) is 11.4 Å². The lowest BCUT2D eigenvalue weighted by molar-refractivity contribution is -0.386. The molecule has 164 valence electrons. The number of ether oxygens (including phenoxy) is 1. The number of nitrogens with one attached hydrogen (secondary N) is 1. The number of amides is 1. The van der Waals surface area contributed by atoms with Crippen LogP contribution in [-0.2, 0) is 17.9 Å². The molecule has 0 saturated carbocycles. The summed E-state index contributed by atoms with van der Waals surface area (Å²) in [6.45, 7) is 5.64. The second kappa shape index (κ2) is 9.75. The minimum absolute atomic E-state index is 0.0174. The van der Waals surface area contributed by atoms with E-state index in [2.05, 4.69) is 16.5 Å². The zero-order chi connectivity index (χ0) is 23.3. The van der Waals surface area contributed by atoms with Gasteiger partial charge in [-0.2, -0.15) is 10.4 Å². The fourth-order valence-corrected chi connectivity index (χ4v) is 3.35. The first kappa shape index (κ1) is 22.5. The minimum atomic E-state index is -0.457. The summed E-state index contributed by atoms with van der Waals surface area (Å²) in [5.41, 5.74) is 3.71. The molecule has 0 aliphatic carbocycles. The van der Waals surface area contributed by atoms with Gasteiger partial charge in [0.1, 0.15) is 23.7 Å². The Labute approximate surface area is 185 Å². The molecule has 1 amide bonds. The Morgan fingerprint density at radius 3 is 2.69 bits per heavy atom. The highest BCUT2D eigenvalue weighted by Crippen LogP contribution is 2.24. The van der Waals surface area contributed by atoms with Crippen molar-refractivity contribution in [3.05, 3.63) is 80.7 Å². The van der Waals surface area contributed by atoms with Crippen molar-refractivity contribution in [3.8, 4) is 11.8 Å². The number of carbonyl (C=O) groups excluding carboxylic acids is 1. The van der Waals surface area contributed by atoms with Crippen LogP contribution in [-0.4, -0.2) is 20.6 Å². The van der Waals surface area contributed by atoms with E-state index in [4.69, 9.17) is 10.00 Å². The average Bonchev–Trinajstić information content (AvgIpc) is 3.05. The first-order valence-corrected chi connectivity index (χ1v) is 9.99. The fourth-order valence-electron chi connectivity index (χ4n) is 3.35. The molecule has 0 spiro atoms. The number of nitriles is 1. The van der Waals surface area contributed by atoms with Crippen molar-refractivity contribution in [1.82, 2.24) is 9.78 Å². The van der Waals surface area contributed by atoms with E-state index >= 15 is 0 Å². The fraction of sp³-hybridized carbons (Fsp3) is 0.261.